The minimum absolute atomic E-state index is 0.00609. The molecule has 3 aliphatic rings. The third kappa shape index (κ3) is 3.34. The van der Waals surface area contributed by atoms with E-state index in [-0.39, 0.29) is 24.1 Å². The lowest BCUT2D eigenvalue weighted by atomic mass is 9.77. The Kier molecular flexibility index (Phi) is 4.61. The summed E-state index contributed by atoms with van der Waals surface area (Å²) in [5.41, 5.74) is 0. The first-order chi connectivity index (χ1) is 9.72. The predicted octanol–water partition coefficient (Wildman–Crippen LogP) is 1.72. The Morgan fingerprint density at radius 2 is 1.85 bits per heavy atom. The molecule has 114 valence electrons. The summed E-state index contributed by atoms with van der Waals surface area (Å²) in [4.78, 5) is 12.4. The molecular formula is C16H28N2O2. The average Bonchev–Trinajstić information content (AvgIpc) is 2.47. The summed E-state index contributed by atoms with van der Waals surface area (Å²) in [6.07, 6.45) is 10.8. The van der Waals surface area contributed by atoms with Crippen LogP contribution >= 0.6 is 0 Å². The van der Waals surface area contributed by atoms with Crippen molar-refractivity contribution < 1.29 is 9.90 Å². The predicted molar refractivity (Wildman–Crippen MR) is 78.3 cm³/mol. The molecule has 2 saturated carbocycles. The molecule has 1 heterocycles. The molecule has 4 nitrogen and oxygen atoms in total. The normalized spacial score (nSPS) is 41.8. The largest absolute Gasteiger partial charge is 0.393 e. The molecule has 0 radical (unpaired) electrons. The van der Waals surface area contributed by atoms with E-state index in [0.29, 0.717) is 6.04 Å². The molecule has 0 spiro atoms. The van der Waals surface area contributed by atoms with Crippen LogP contribution in [0.1, 0.15) is 64.2 Å². The lowest BCUT2D eigenvalue weighted by molar-refractivity contribution is -0.125. The van der Waals surface area contributed by atoms with E-state index in [9.17, 15) is 9.90 Å². The fraction of sp³-hybridized carbons (Fsp3) is 0.938. The molecule has 0 aromatic rings. The molecule has 0 bridgehead atoms. The van der Waals surface area contributed by atoms with E-state index >= 15 is 0 Å². The van der Waals surface area contributed by atoms with Crippen molar-refractivity contribution in [1.82, 2.24) is 10.6 Å². The van der Waals surface area contributed by atoms with E-state index in [1.165, 1.54) is 32.1 Å². The summed E-state index contributed by atoms with van der Waals surface area (Å²) in [6.45, 7) is 0. The van der Waals surface area contributed by atoms with E-state index in [1.807, 2.05) is 0 Å². The van der Waals surface area contributed by atoms with Crippen molar-refractivity contribution in [3.05, 3.63) is 0 Å². The van der Waals surface area contributed by atoms with Crippen molar-refractivity contribution in [2.75, 3.05) is 0 Å². The van der Waals surface area contributed by atoms with Gasteiger partial charge < -0.3 is 15.7 Å². The van der Waals surface area contributed by atoms with Gasteiger partial charge in [0.25, 0.3) is 0 Å². The van der Waals surface area contributed by atoms with Crippen LogP contribution in [0, 0.1) is 5.92 Å². The van der Waals surface area contributed by atoms with E-state index in [1.54, 1.807) is 0 Å². The molecule has 0 aromatic carbocycles. The second-order valence-electron chi connectivity index (χ2n) is 6.97. The molecule has 2 aliphatic carbocycles. The molecule has 5 unspecified atom stereocenters. The number of carbonyl (C=O) groups is 1. The van der Waals surface area contributed by atoms with Gasteiger partial charge in [-0.25, -0.2) is 0 Å². The monoisotopic (exact) mass is 280 g/mol. The SMILES string of the molecule is O=C(NC1CCCC(O)C1)C1CCC2CCCCC2N1. The third-order valence-corrected chi connectivity index (χ3v) is 5.46. The Balaban J connectivity index is 1.50. The second-order valence-corrected chi connectivity index (χ2v) is 6.97. The quantitative estimate of drug-likeness (QED) is 0.722. The van der Waals surface area contributed by atoms with E-state index in [0.717, 1.165) is 38.0 Å². The van der Waals surface area contributed by atoms with Gasteiger partial charge in [-0.1, -0.05) is 12.8 Å². The Morgan fingerprint density at radius 3 is 2.70 bits per heavy atom. The molecule has 3 N–H and O–H groups in total. The van der Waals surface area contributed by atoms with Crippen LogP contribution in [0.2, 0.25) is 0 Å². The van der Waals surface area contributed by atoms with E-state index < -0.39 is 0 Å². The van der Waals surface area contributed by atoms with Crippen LogP contribution in [0.25, 0.3) is 0 Å². The summed E-state index contributed by atoms with van der Waals surface area (Å²) in [5, 5.41) is 16.4. The van der Waals surface area contributed by atoms with Crippen molar-refractivity contribution in [3.8, 4) is 0 Å². The Hall–Kier alpha value is -0.610. The first-order valence-corrected chi connectivity index (χ1v) is 8.47. The first-order valence-electron chi connectivity index (χ1n) is 8.47. The highest BCUT2D eigenvalue weighted by atomic mass is 16.3. The summed E-state index contributed by atoms with van der Waals surface area (Å²) >= 11 is 0. The zero-order chi connectivity index (χ0) is 13.9. The number of piperidine rings is 1. The average molecular weight is 280 g/mol. The molecule has 3 rings (SSSR count). The van der Waals surface area contributed by atoms with Crippen molar-refractivity contribution in [1.29, 1.82) is 0 Å². The Bertz CT molecular complexity index is 347. The van der Waals surface area contributed by atoms with Gasteiger partial charge in [0.1, 0.15) is 0 Å². The third-order valence-electron chi connectivity index (χ3n) is 5.46. The van der Waals surface area contributed by atoms with Crippen LogP contribution in [-0.2, 0) is 4.79 Å². The van der Waals surface area contributed by atoms with Crippen molar-refractivity contribution in [2.45, 2.75) is 88.4 Å². The van der Waals surface area contributed by atoms with Crippen LogP contribution in [0.15, 0.2) is 0 Å². The fourth-order valence-electron chi connectivity index (χ4n) is 4.30. The zero-order valence-electron chi connectivity index (χ0n) is 12.3. The molecule has 4 heteroatoms. The van der Waals surface area contributed by atoms with Gasteiger partial charge in [-0.15, -0.1) is 0 Å². The second kappa shape index (κ2) is 6.44. The van der Waals surface area contributed by atoms with E-state index in [2.05, 4.69) is 10.6 Å². The minimum Gasteiger partial charge on any atom is -0.393 e. The molecule has 1 amide bonds. The lowest BCUT2D eigenvalue weighted by Crippen LogP contribution is -2.56. The Labute approximate surface area is 121 Å². The molecule has 5 atom stereocenters. The van der Waals surface area contributed by atoms with Gasteiger partial charge in [0.05, 0.1) is 12.1 Å². The van der Waals surface area contributed by atoms with Gasteiger partial charge in [0, 0.05) is 12.1 Å². The standard InChI is InChI=1S/C16H28N2O2/c19-13-6-3-5-12(10-13)17-16(20)15-9-8-11-4-1-2-7-14(11)18-15/h11-15,18-19H,1-10H2,(H,17,20). The van der Waals surface area contributed by atoms with Crippen LogP contribution in [0.3, 0.4) is 0 Å². The first kappa shape index (κ1) is 14.3. The van der Waals surface area contributed by atoms with Crippen molar-refractivity contribution in [2.24, 2.45) is 5.92 Å². The minimum atomic E-state index is -0.226. The molecule has 20 heavy (non-hydrogen) atoms. The van der Waals surface area contributed by atoms with Gasteiger partial charge in [0.15, 0.2) is 0 Å². The van der Waals surface area contributed by atoms with Gasteiger partial charge in [-0.3, -0.25) is 4.79 Å². The highest BCUT2D eigenvalue weighted by molar-refractivity contribution is 5.82. The number of hydrogen-bond donors (Lipinski definition) is 3. The molecule has 1 aliphatic heterocycles. The molecular weight excluding hydrogens is 252 g/mol. The highest BCUT2D eigenvalue weighted by Gasteiger charge is 2.35. The van der Waals surface area contributed by atoms with Gasteiger partial charge in [0.2, 0.25) is 5.91 Å². The number of aliphatic hydroxyl groups is 1. The van der Waals surface area contributed by atoms with Crippen LogP contribution < -0.4 is 10.6 Å². The smallest absolute Gasteiger partial charge is 0.237 e. The molecule has 1 saturated heterocycles. The number of amides is 1. The highest BCUT2D eigenvalue weighted by Crippen LogP contribution is 2.32. The van der Waals surface area contributed by atoms with Gasteiger partial charge in [-0.05, 0) is 57.3 Å². The topological polar surface area (TPSA) is 61.4 Å². The van der Waals surface area contributed by atoms with Crippen LogP contribution in [0.5, 0.6) is 0 Å². The molecule has 0 aromatic heterocycles. The summed E-state index contributed by atoms with van der Waals surface area (Å²) in [5.74, 6) is 0.956. The number of nitrogens with one attached hydrogen (secondary N) is 2. The number of hydrogen-bond acceptors (Lipinski definition) is 3. The van der Waals surface area contributed by atoms with E-state index in [4.69, 9.17) is 0 Å². The summed E-state index contributed by atoms with van der Waals surface area (Å²) in [6, 6.07) is 0.732. The lowest BCUT2D eigenvalue weighted by Gasteiger charge is -2.40. The maximum Gasteiger partial charge on any atom is 0.237 e. The number of carbonyl (C=O) groups excluding carboxylic acids is 1. The maximum absolute atomic E-state index is 12.4. The Morgan fingerprint density at radius 1 is 1.00 bits per heavy atom. The molecule has 3 fully saturated rings. The fourth-order valence-corrected chi connectivity index (χ4v) is 4.30. The summed E-state index contributed by atoms with van der Waals surface area (Å²) < 4.78 is 0. The van der Waals surface area contributed by atoms with Gasteiger partial charge in [-0.2, -0.15) is 0 Å². The van der Waals surface area contributed by atoms with Crippen molar-refractivity contribution >= 4 is 5.91 Å². The van der Waals surface area contributed by atoms with Gasteiger partial charge >= 0.3 is 0 Å². The maximum atomic E-state index is 12.4. The number of fused-ring (bicyclic) bond motifs is 1. The van der Waals surface area contributed by atoms with Crippen molar-refractivity contribution in [3.63, 3.8) is 0 Å². The van der Waals surface area contributed by atoms with Crippen LogP contribution in [-0.4, -0.2) is 35.2 Å². The summed E-state index contributed by atoms with van der Waals surface area (Å²) in [7, 11) is 0. The van der Waals surface area contributed by atoms with Crippen LogP contribution in [0.4, 0.5) is 0 Å². The number of rotatable bonds is 2. The zero-order valence-corrected chi connectivity index (χ0v) is 12.3. The number of aliphatic hydroxyl groups excluding tert-OH is 1.